The highest BCUT2D eigenvalue weighted by Gasteiger charge is 2.17. The van der Waals surface area contributed by atoms with Crippen molar-refractivity contribution in [2.75, 3.05) is 0 Å². The zero-order valence-electron chi connectivity index (χ0n) is 9.64. The third-order valence-corrected chi connectivity index (χ3v) is 4.45. The van der Waals surface area contributed by atoms with E-state index in [1.165, 1.54) is 6.07 Å². The molecule has 0 bridgehead atoms. The van der Waals surface area contributed by atoms with Crippen LogP contribution in [-0.2, 0) is 16.6 Å². The Bertz CT molecular complexity index is 638. The second-order valence-electron chi connectivity index (χ2n) is 3.72. The van der Waals surface area contributed by atoms with E-state index in [4.69, 9.17) is 11.6 Å². The van der Waals surface area contributed by atoms with Crippen molar-refractivity contribution in [1.82, 2.24) is 14.7 Å². The molecule has 0 atom stereocenters. The number of aromatic nitrogens is 2. The number of H-pyrrole nitrogens is 1. The molecular weight excluding hydrogens is 274 g/mol. The number of nitrogens with zero attached hydrogens (tertiary/aromatic N) is 1. The molecule has 1 aromatic carbocycles. The van der Waals surface area contributed by atoms with Crippen LogP contribution in [0.4, 0.5) is 0 Å². The minimum atomic E-state index is -3.58. The first-order valence-electron chi connectivity index (χ1n) is 5.24. The summed E-state index contributed by atoms with van der Waals surface area (Å²) >= 11 is 5.91. The number of nitrogens with one attached hydrogen (secondary N) is 2. The Labute approximate surface area is 110 Å². The number of aromatic amines is 1. The van der Waals surface area contributed by atoms with Gasteiger partial charge in [0.2, 0.25) is 10.0 Å². The molecular formula is C11H12ClN3O2S. The van der Waals surface area contributed by atoms with Gasteiger partial charge in [-0.1, -0.05) is 17.7 Å². The molecule has 5 nitrogen and oxygen atoms in total. The third-order valence-electron chi connectivity index (χ3n) is 2.49. The molecule has 0 unspecified atom stereocenters. The first-order chi connectivity index (χ1) is 8.50. The van der Waals surface area contributed by atoms with Crippen LogP contribution in [-0.4, -0.2) is 18.4 Å². The van der Waals surface area contributed by atoms with Crippen LogP contribution in [0.25, 0.3) is 0 Å². The Morgan fingerprint density at radius 3 is 2.89 bits per heavy atom. The van der Waals surface area contributed by atoms with Crippen molar-refractivity contribution in [2.45, 2.75) is 18.4 Å². The van der Waals surface area contributed by atoms with E-state index in [9.17, 15) is 8.42 Å². The summed E-state index contributed by atoms with van der Waals surface area (Å²) < 4.78 is 26.6. The van der Waals surface area contributed by atoms with E-state index in [2.05, 4.69) is 14.7 Å². The summed E-state index contributed by atoms with van der Waals surface area (Å²) in [6.07, 6.45) is 3.20. The third kappa shape index (κ3) is 2.72. The van der Waals surface area contributed by atoms with E-state index in [0.717, 1.165) is 0 Å². The summed E-state index contributed by atoms with van der Waals surface area (Å²) in [5.41, 5.74) is 0.533. The van der Waals surface area contributed by atoms with Crippen LogP contribution in [0.15, 0.2) is 35.5 Å². The average Bonchev–Trinajstić information content (AvgIpc) is 2.83. The van der Waals surface area contributed by atoms with Crippen LogP contribution >= 0.6 is 11.6 Å². The van der Waals surface area contributed by atoms with E-state index in [1.54, 1.807) is 31.5 Å². The Morgan fingerprint density at radius 1 is 1.44 bits per heavy atom. The molecule has 0 saturated carbocycles. The maximum atomic E-state index is 12.1. The average molecular weight is 286 g/mol. The normalized spacial score (nSPS) is 11.7. The van der Waals surface area contributed by atoms with E-state index in [1.807, 2.05) is 0 Å². The minimum Gasteiger partial charge on any atom is -0.347 e. The van der Waals surface area contributed by atoms with Gasteiger partial charge in [-0.05, 0) is 24.6 Å². The van der Waals surface area contributed by atoms with Gasteiger partial charge in [-0.15, -0.1) is 0 Å². The van der Waals surface area contributed by atoms with Gasteiger partial charge in [-0.2, -0.15) is 0 Å². The molecule has 0 aliphatic heterocycles. The zero-order chi connectivity index (χ0) is 13.2. The summed E-state index contributed by atoms with van der Waals surface area (Å²) in [5.74, 6) is 0.554. The first kappa shape index (κ1) is 13.1. The quantitative estimate of drug-likeness (QED) is 0.900. The maximum Gasteiger partial charge on any atom is 0.241 e. The van der Waals surface area contributed by atoms with Crippen molar-refractivity contribution in [3.63, 3.8) is 0 Å². The maximum absolute atomic E-state index is 12.1. The van der Waals surface area contributed by atoms with Crippen molar-refractivity contribution in [3.05, 3.63) is 47.0 Å². The lowest BCUT2D eigenvalue weighted by molar-refractivity contribution is 0.579. The Hall–Kier alpha value is -1.37. The molecule has 1 aromatic heterocycles. The molecule has 18 heavy (non-hydrogen) atoms. The monoisotopic (exact) mass is 285 g/mol. The van der Waals surface area contributed by atoms with E-state index < -0.39 is 10.0 Å². The van der Waals surface area contributed by atoms with Gasteiger partial charge in [0.05, 0.1) is 11.4 Å². The van der Waals surface area contributed by atoms with Crippen LogP contribution in [0.1, 0.15) is 11.4 Å². The topological polar surface area (TPSA) is 74.8 Å². The molecule has 0 fully saturated rings. The number of imidazole rings is 1. The molecule has 96 valence electrons. The standard InChI is InChI=1S/C11H12ClN3O2S/c1-8-9(12)3-2-4-10(8)18(16,17)15-7-11-13-5-6-14-11/h2-6,15H,7H2,1H3,(H,13,14). The number of hydrogen-bond donors (Lipinski definition) is 2. The van der Waals surface area contributed by atoms with E-state index in [0.29, 0.717) is 16.4 Å². The lowest BCUT2D eigenvalue weighted by Gasteiger charge is -2.09. The molecule has 0 aliphatic rings. The predicted molar refractivity (Wildman–Crippen MR) is 68.8 cm³/mol. The molecule has 2 N–H and O–H groups in total. The van der Waals surface area contributed by atoms with Gasteiger partial charge in [0.25, 0.3) is 0 Å². The fourth-order valence-electron chi connectivity index (χ4n) is 1.51. The highest BCUT2D eigenvalue weighted by Crippen LogP contribution is 2.22. The van der Waals surface area contributed by atoms with Crippen molar-refractivity contribution in [1.29, 1.82) is 0 Å². The van der Waals surface area contributed by atoms with Gasteiger partial charge in [0.15, 0.2) is 0 Å². The van der Waals surface area contributed by atoms with Gasteiger partial charge < -0.3 is 4.98 Å². The molecule has 1 heterocycles. The van der Waals surface area contributed by atoms with Gasteiger partial charge in [0.1, 0.15) is 5.82 Å². The number of hydrogen-bond acceptors (Lipinski definition) is 3. The second kappa shape index (κ2) is 5.09. The number of rotatable bonds is 4. The SMILES string of the molecule is Cc1c(Cl)cccc1S(=O)(=O)NCc1ncc[nH]1. The molecule has 2 aromatic rings. The van der Waals surface area contributed by atoms with Crippen LogP contribution in [0, 0.1) is 6.92 Å². The molecule has 0 saturated heterocycles. The van der Waals surface area contributed by atoms with Crippen LogP contribution in [0.2, 0.25) is 5.02 Å². The van der Waals surface area contributed by atoms with Crippen molar-refractivity contribution < 1.29 is 8.42 Å². The van der Waals surface area contributed by atoms with Crippen LogP contribution < -0.4 is 4.72 Å². The molecule has 0 amide bonds. The predicted octanol–water partition coefficient (Wildman–Crippen LogP) is 1.85. The minimum absolute atomic E-state index is 0.112. The largest absolute Gasteiger partial charge is 0.347 e. The Kier molecular flexibility index (Phi) is 3.70. The van der Waals surface area contributed by atoms with Gasteiger partial charge in [-0.3, -0.25) is 0 Å². The molecule has 0 spiro atoms. The Balaban J connectivity index is 2.23. The smallest absolute Gasteiger partial charge is 0.241 e. The van der Waals surface area contributed by atoms with Crippen molar-refractivity contribution in [3.8, 4) is 0 Å². The van der Waals surface area contributed by atoms with Crippen LogP contribution in [0.3, 0.4) is 0 Å². The van der Waals surface area contributed by atoms with Gasteiger partial charge in [0, 0.05) is 17.4 Å². The summed E-state index contributed by atoms with van der Waals surface area (Å²) in [6.45, 7) is 1.78. The number of sulfonamides is 1. The number of benzene rings is 1. The lowest BCUT2D eigenvalue weighted by atomic mass is 10.2. The van der Waals surface area contributed by atoms with Gasteiger partial charge >= 0.3 is 0 Å². The summed E-state index contributed by atoms with van der Waals surface area (Å²) in [7, 11) is -3.58. The summed E-state index contributed by atoms with van der Waals surface area (Å²) in [6, 6.07) is 4.78. The molecule has 0 aliphatic carbocycles. The number of halogens is 1. The highest BCUT2D eigenvalue weighted by molar-refractivity contribution is 7.89. The van der Waals surface area contributed by atoms with Crippen molar-refractivity contribution in [2.24, 2.45) is 0 Å². The molecule has 0 radical (unpaired) electrons. The summed E-state index contributed by atoms with van der Waals surface area (Å²) in [5, 5.41) is 0.427. The lowest BCUT2D eigenvalue weighted by Crippen LogP contribution is -2.24. The molecule has 2 rings (SSSR count). The fraction of sp³-hybridized carbons (Fsp3) is 0.182. The summed E-state index contributed by atoms with van der Waals surface area (Å²) in [4.78, 5) is 6.95. The zero-order valence-corrected chi connectivity index (χ0v) is 11.2. The fourth-order valence-corrected chi connectivity index (χ4v) is 3.00. The van der Waals surface area contributed by atoms with Gasteiger partial charge in [-0.25, -0.2) is 18.1 Å². The van der Waals surface area contributed by atoms with E-state index in [-0.39, 0.29) is 11.4 Å². The van der Waals surface area contributed by atoms with Crippen LogP contribution in [0.5, 0.6) is 0 Å². The Morgan fingerprint density at radius 2 is 2.22 bits per heavy atom. The van der Waals surface area contributed by atoms with E-state index >= 15 is 0 Å². The first-order valence-corrected chi connectivity index (χ1v) is 7.10. The molecule has 7 heteroatoms. The highest BCUT2D eigenvalue weighted by atomic mass is 35.5. The second-order valence-corrected chi connectivity index (χ2v) is 5.87. The van der Waals surface area contributed by atoms with Crippen molar-refractivity contribution >= 4 is 21.6 Å².